The molecule has 9 nitrogen and oxygen atoms in total. The van der Waals surface area contributed by atoms with Crippen molar-refractivity contribution in [3.8, 4) is 12.1 Å². The minimum Gasteiger partial charge on any atom is -0.462 e. The van der Waals surface area contributed by atoms with Crippen LogP contribution in [0.4, 0.5) is 24.7 Å². The Balaban J connectivity index is 1.47. The fourth-order valence-corrected chi connectivity index (χ4v) is 6.01. The Morgan fingerprint density at radius 2 is 1.98 bits per heavy atom. The molecule has 0 N–H and O–H groups in total. The monoisotopic (exact) mass is 569 g/mol. The zero-order valence-corrected chi connectivity index (χ0v) is 23.1. The number of carbonyl (C=O) groups excluding carboxylic acids is 1. The van der Waals surface area contributed by atoms with Gasteiger partial charge in [0.2, 0.25) is 5.91 Å². The number of hydrogen-bond donors (Lipinski definition) is 0. The average molecular weight is 570 g/mol. The molecule has 1 amide bonds. The van der Waals surface area contributed by atoms with Crippen molar-refractivity contribution in [2.24, 2.45) is 0 Å². The number of alkyl halides is 3. The van der Waals surface area contributed by atoms with Crippen LogP contribution in [0.15, 0.2) is 36.9 Å². The summed E-state index contributed by atoms with van der Waals surface area (Å²) in [6.45, 7) is 6.79. The third-order valence-corrected chi connectivity index (χ3v) is 8.22. The van der Waals surface area contributed by atoms with Gasteiger partial charge in [-0.05, 0) is 51.1 Å². The number of fused-ring (bicyclic) bond motifs is 1. The van der Waals surface area contributed by atoms with Gasteiger partial charge in [0.05, 0.1) is 36.3 Å². The number of nitriles is 1. The lowest BCUT2D eigenvalue weighted by atomic mass is 10.0. The lowest BCUT2D eigenvalue weighted by Crippen LogP contribution is -2.55. The smallest absolute Gasteiger partial charge is 0.418 e. The second-order valence-corrected chi connectivity index (χ2v) is 10.7. The maximum absolute atomic E-state index is 13.8. The van der Waals surface area contributed by atoms with Crippen molar-refractivity contribution in [1.82, 2.24) is 19.8 Å². The van der Waals surface area contributed by atoms with Gasteiger partial charge in [-0.3, -0.25) is 4.79 Å². The number of piperazine rings is 1. The summed E-state index contributed by atoms with van der Waals surface area (Å²) in [5.74, 6) is 0.431. The normalized spacial score (nSPS) is 21.4. The van der Waals surface area contributed by atoms with Gasteiger partial charge in [0.15, 0.2) is 0 Å². The Labute approximate surface area is 237 Å². The van der Waals surface area contributed by atoms with E-state index in [-0.39, 0.29) is 42.7 Å². The molecule has 3 aliphatic heterocycles. The molecule has 0 radical (unpaired) electrons. The Bertz CT molecular complexity index is 1330. The zero-order valence-electron chi connectivity index (χ0n) is 23.1. The average Bonchev–Trinajstić information content (AvgIpc) is 3.39. The number of amides is 1. The van der Waals surface area contributed by atoms with Crippen molar-refractivity contribution in [3.63, 3.8) is 0 Å². The number of benzene rings is 1. The first-order chi connectivity index (χ1) is 19.7. The lowest BCUT2D eigenvalue weighted by Gasteiger charge is -2.42. The summed E-state index contributed by atoms with van der Waals surface area (Å²) in [6.07, 6.45) is -0.534. The molecule has 0 saturated carbocycles. The SMILES string of the molecule is C=CC(=O)N1CCN(c2nc(OC[C@@H]3CCCN3C)nc3c2CCN(c2ccccc2C(F)(F)F)C3)CC1CC#N. The van der Waals surface area contributed by atoms with Gasteiger partial charge in [0.25, 0.3) is 0 Å². The number of likely N-dealkylation sites (tertiary alicyclic amines) is 1. The summed E-state index contributed by atoms with van der Waals surface area (Å²) in [4.78, 5) is 29.6. The molecule has 1 unspecified atom stereocenters. The number of nitrogens with zero attached hydrogens (tertiary/aromatic N) is 7. The maximum Gasteiger partial charge on any atom is 0.418 e. The van der Waals surface area contributed by atoms with Crippen molar-refractivity contribution in [2.75, 3.05) is 56.2 Å². The molecule has 4 heterocycles. The first-order valence-electron chi connectivity index (χ1n) is 13.9. The van der Waals surface area contributed by atoms with E-state index in [1.807, 2.05) is 4.90 Å². The molecule has 1 aromatic heterocycles. The maximum atomic E-state index is 13.8. The lowest BCUT2D eigenvalue weighted by molar-refractivity contribution is -0.137. The summed E-state index contributed by atoms with van der Waals surface area (Å²) in [5, 5.41) is 9.43. The van der Waals surface area contributed by atoms with Crippen LogP contribution >= 0.6 is 0 Å². The highest BCUT2D eigenvalue weighted by Gasteiger charge is 2.37. The molecule has 3 aliphatic rings. The number of carbonyl (C=O) groups is 1. The standard InChI is InChI=1S/C29H34F3N7O2/c1-3-26(40)39-16-15-38(17-20(39)10-12-33)27-22-11-14-37(25-9-5-4-8-23(25)29(30,31)32)18-24(22)34-28(35-27)41-19-21-7-6-13-36(21)2/h3-5,8-9,20-21H,1,6-7,10-11,13-19H2,2H3/t20?,21-/m0/s1. The van der Waals surface area contributed by atoms with E-state index in [1.165, 1.54) is 18.2 Å². The number of para-hydroxylation sites is 1. The third-order valence-electron chi connectivity index (χ3n) is 8.22. The van der Waals surface area contributed by atoms with E-state index >= 15 is 0 Å². The van der Waals surface area contributed by atoms with Gasteiger partial charge in [0, 0.05) is 43.5 Å². The number of rotatable bonds is 7. The van der Waals surface area contributed by atoms with Gasteiger partial charge in [0.1, 0.15) is 12.4 Å². The number of ether oxygens (including phenoxy) is 1. The fraction of sp³-hybridized carbons (Fsp3) is 0.517. The molecule has 12 heteroatoms. The Kier molecular flexibility index (Phi) is 8.35. The molecule has 218 valence electrons. The van der Waals surface area contributed by atoms with Crippen LogP contribution in [0.25, 0.3) is 0 Å². The first kappa shape index (κ1) is 28.7. The minimum absolute atomic E-state index is 0.117. The summed E-state index contributed by atoms with van der Waals surface area (Å²) in [5.41, 5.74) is 0.914. The molecule has 0 aliphatic carbocycles. The molecule has 2 aromatic rings. The summed E-state index contributed by atoms with van der Waals surface area (Å²) in [7, 11) is 2.05. The molecule has 5 rings (SSSR count). The minimum atomic E-state index is -4.48. The Morgan fingerprint density at radius 3 is 2.68 bits per heavy atom. The molecule has 0 bridgehead atoms. The molecule has 2 fully saturated rings. The Morgan fingerprint density at radius 1 is 1.17 bits per heavy atom. The summed E-state index contributed by atoms with van der Waals surface area (Å²) >= 11 is 0. The van der Waals surface area contributed by atoms with Gasteiger partial charge in [-0.1, -0.05) is 18.7 Å². The van der Waals surface area contributed by atoms with E-state index in [2.05, 4.69) is 24.6 Å². The van der Waals surface area contributed by atoms with Crippen LogP contribution < -0.4 is 14.5 Å². The fourth-order valence-electron chi connectivity index (χ4n) is 6.01. The summed E-state index contributed by atoms with van der Waals surface area (Å²) in [6, 6.07) is 7.84. The van der Waals surface area contributed by atoms with Crippen molar-refractivity contribution in [3.05, 3.63) is 53.7 Å². The van der Waals surface area contributed by atoms with Crippen LogP contribution in [-0.4, -0.2) is 84.1 Å². The van der Waals surface area contributed by atoms with Crippen molar-refractivity contribution in [1.29, 1.82) is 5.26 Å². The largest absolute Gasteiger partial charge is 0.462 e. The van der Waals surface area contributed by atoms with E-state index in [4.69, 9.17) is 14.7 Å². The highest BCUT2D eigenvalue weighted by molar-refractivity contribution is 5.87. The van der Waals surface area contributed by atoms with Gasteiger partial charge < -0.3 is 24.3 Å². The second kappa shape index (κ2) is 11.9. The number of aromatic nitrogens is 2. The van der Waals surface area contributed by atoms with E-state index in [1.54, 1.807) is 15.9 Å². The molecule has 41 heavy (non-hydrogen) atoms. The van der Waals surface area contributed by atoms with Gasteiger partial charge in [-0.25, -0.2) is 0 Å². The predicted octanol–water partition coefficient (Wildman–Crippen LogP) is 3.65. The number of likely N-dealkylation sites (N-methyl/N-ethyl adjacent to an activating group) is 1. The molecule has 2 saturated heterocycles. The Hall–Kier alpha value is -3.85. The van der Waals surface area contributed by atoms with Crippen LogP contribution in [0.1, 0.15) is 36.1 Å². The first-order valence-corrected chi connectivity index (χ1v) is 13.9. The van der Waals surface area contributed by atoms with Crippen molar-refractivity contribution < 1.29 is 22.7 Å². The predicted molar refractivity (Wildman–Crippen MR) is 148 cm³/mol. The molecular formula is C29H34F3N7O2. The molecule has 1 aromatic carbocycles. The number of anilines is 2. The van der Waals surface area contributed by atoms with E-state index < -0.39 is 11.7 Å². The molecule has 2 atom stereocenters. The van der Waals surface area contributed by atoms with E-state index in [9.17, 15) is 23.2 Å². The van der Waals surface area contributed by atoms with Crippen LogP contribution in [-0.2, 0) is 23.9 Å². The molecule has 0 spiro atoms. The van der Waals surface area contributed by atoms with Crippen molar-refractivity contribution in [2.45, 2.75) is 50.5 Å². The highest BCUT2D eigenvalue weighted by Crippen LogP contribution is 2.39. The highest BCUT2D eigenvalue weighted by atomic mass is 19.4. The summed E-state index contributed by atoms with van der Waals surface area (Å²) < 4.78 is 47.6. The van der Waals surface area contributed by atoms with Crippen LogP contribution in [0.2, 0.25) is 0 Å². The van der Waals surface area contributed by atoms with Gasteiger partial charge >= 0.3 is 12.2 Å². The quantitative estimate of drug-likeness (QED) is 0.467. The second-order valence-electron chi connectivity index (χ2n) is 10.7. The van der Waals surface area contributed by atoms with Gasteiger partial charge in [-0.15, -0.1) is 0 Å². The van der Waals surface area contributed by atoms with E-state index in [0.29, 0.717) is 50.7 Å². The van der Waals surface area contributed by atoms with Crippen LogP contribution in [0, 0.1) is 11.3 Å². The van der Waals surface area contributed by atoms with Crippen LogP contribution in [0.5, 0.6) is 6.01 Å². The van der Waals surface area contributed by atoms with Crippen molar-refractivity contribution >= 4 is 17.4 Å². The number of halogens is 3. The van der Waals surface area contributed by atoms with E-state index in [0.717, 1.165) is 31.0 Å². The number of hydrogen-bond acceptors (Lipinski definition) is 8. The van der Waals surface area contributed by atoms with Crippen LogP contribution in [0.3, 0.4) is 0 Å². The third kappa shape index (κ3) is 6.10. The van der Waals surface area contributed by atoms with Gasteiger partial charge in [-0.2, -0.15) is 28.4 Å². The zero-order chi connectivity index (χ0) is 29.1. The topological polar surface area (TPSA) is 88.8 Å². The molecular weight excluding hydrogens is 535 g/mol.